The lowest BCUT2D eigenvalue weighted by Gasteiger charge is -2.49. The van der Waals surface area contributed by atoms with Gasteiger partial charge in [0.2, 0.25) is 0 Å². The second kappa shape index (κ2) is 7.85. The second-order valence-corrected chi connectivity index (χ2v) is 9.79. The molecule has 2 aliphatic carbocycles. The third kappa shape index (κ3) is 3.32. The Kier molecular flexibility index (Phi) is 5.25. The normalized spacial score (nSPS) is 34.5. The third-order valence-electron chi connectivity index (χ3n) is 8.32. The summed E-state index contributed by atoms with van der Waals surface area (Å²) < 4.78 is 0. The molecular formula is C24H37N3O. The first-order valence-electron chi connectivity index (χ1n) is 12.0. The molecule has 0 amide bonds. The van der Waals surface area contributed by atoms with Gasteiger partial charge in [0.15, 0.2) is 0 Å². The number of hydrogen-bond acceptors (Lipinski definition) is 4. The smallest absolute Gasteiger partial charge is 0.130 e. The largest absolute Gasteiger partial charge is 0.389 e. The zero-order valence-electron chi connectivity index (χ0n) is 17.4. The Hall–Kier alpha value is -1.29. The van der Waals surface area contributed by atoms with Crippen molar-refractivity contribution in [3.63, 3.8) is 0 Å². The summed E-state index contributed by atoms with van der Waals surface area (Å²) in [6, 6.07) is 4.98. The molecule has 3 heterocycles. The highest BCUT2D eigenvalue weighted by Crippen LogP contribution is 2.50. The standard InChI is InChI=1S/C24H37N3O/c28-24(19-8-3-1-4-9-19)13-7-10-22-21(24)12-17-27(22)23-18-20(11-14-25-23)26-15-5-2-6-16-26/h11,14,18-19,21-22,28H,1-10,12-13,15-17H2/t21-,22-,24-/m1/s1. The molecule has 0 aromatic carbocycles. The maximum Gasteiger partial charge on any atom is 0.130 e. The molecule has 0 unspecified atom stereocenters. The number of anilines is 2. The van der Waals surface area contributed by atoms with Crippen molar-refractivity contribution in [1.82, 2.24) is 4.98 Å². The summed E-state index contributed by atoms with van der Waals surface area (Å²) in [5.74, 6) is 2.11. The van der Waals surface area contributed by atoms with Crippen molar-refractivity contribution in [3.05, 3.63) is 18.3 Å². The molecule has 28 heavy (non-hydrogen) atoms. The van der Waals surface area contributed by atoms with Gasteiger partial charge in [-0.3, -0.25) is 0 Å². The van der Waals surface area contributed by atoms with Crippen molar-refractivity contribution in [2.24, 2.45) is 11.8 Å². The quantitative estimate of drug-likeness (QED) is 0.817. The minimum absolute atomic E-state index is 0.428. The van der Waals surface area contributed by atoms with E-state index in [9.17, 15) is 5.11 Å². The van der Waals surface area contributed by atoms with Crippen LogP contribution in [0.3, 0.4) is 0 Å². The SMILES string of the molecule is O[C@@]1(C2CCCCC2)CCC[C@@H]2[C@H]1CCN2c1cc(N2CCCCC2)ccn1. The number of nitrogens with zero attached hydrogens (tertiary/aromatic N) is 3. The minimum atomic E-state index is -0.428. The van der Waals surface area contributed by atoms with Crippen LogP contribution in [0.2, 0.25) is 0 Å². The second-order valence-electron chi connectivity index (χ2n) is 9.79. The first kappa shape index (κ1) is 18.7. The van der Waals surface area contributed by atoms with Gasteiger partial charge in [0.25, 0.3) is 0 Å². The van der Waals surface area contributed by atoms with Crippen LogP contribution in [0.15, 0.2) is 18.3 Å². The monoisotopic (exact) mass is 383 g/mol. The van der Waals surface area contributed by atoms with Gasteiger partial charge in [0.05, 0.1) is 5.60 Å². The number of aliphatic hydroxyl groups is 1. The minimum Gasteiger partial charge on any atom is -0.389 e. The van der Waals surface area contributed by atoms with Gasteiger partial charge < -0.3 is 14.9 Å². The molecule has 5 rings (SSSR count). The van der Waals surface area contributed by atoms with Crippen molar-refractivity contribution in [2.45, 2.75) is 88.7 Å². The maximum atomic E-state index is 11.8. The van der Waals surface area contributed by atoms with Crippen molar-refractivity contribution in [3.8, 4) is 0 Å². The maximum absolute atomic E-state index is 11.8. The van der Waals surface area contributed by atoms with E-state index in [2.05, 4.69) is 21.9 Å². The molecule has 2 saturated heterocycles. The van der Waals surface area contributed by atoms with Crippen molar-refractivity contribution < 1.29 is 5.11 Å². The first-order valence-corrected chi connectivity index (χ1v) is 12.0. The fourth-order valence-electron chi connectivity index (χ4n) is 6.88. The molecule has 0 bridgehead atoms. The first-order chi connectivity index (χ1) is 13.8. The highest BCUT2D eigenvalue weighted by molar-refractivity contribution is 5.56. The summed E-state index contributed by atoms with van der Waals surface area (Å²) in [7, 11) is 0. The van der Waals surface area contributed by atoms with E-state index >= 15 is 0 Å². The summed E-state index contributed by atoms with van der Waals surface area (Å²) in [5.41, 5.74) is 0.911. The number of pyridine rings is 1. The van der Waals surface area contributed by atoms with Crippen LogP contribution in [0.1, 0.15) is 77.0 Å². The Bertz CT molecular complexity index is 668. The molecule has 4 aliphatic rings. The van der Waals surface area contributed by atoms with Crippen LogP contribution in [0.4, 0.5) is 11.5 Å². The average Bonchev–Trinajstić information content (AvgIpc) is 3.21. The van der Waals surface area contributed by atoms with E-state index in [0.29, 0.717) is 17.9 Å². The van der Waals surface area contributed by atoms with Crippen molar-refractivity contribution >= 4 is 11.5 Å². The summed E-state index contributed by atoms with van der Waals surface area (Å²) >= 11 is 0. The van der Waals surface area contributed by atoms with E-state index in [-0.39, 0.29) is 0 Å². The predicted octanol–water partition coefficient (Wildman–Crippen LogP) is 4.76. The van der Waals surface area contributed by atoms with Crippen LogP contribution < -0.4 is 9.80 Å². The molecule has 4 fully saturated rings. The molecule has 1 aromatic heterocycles. The van der Waals surface area contributed by atoms with Gasteiger partial charge >= 0.3 is 0 Å². The number of hydrogen-bond donors (Lipinski definition) is 1. The molecular weight excluding hydrogens is 346 g/mol. The van der Waals surface area contributed by atoms with E-state index in [4.69, 9.17) is 4.98 Å². The topological polar surface area (TPSA) is 39.6 Å². The predicted molar refractivity (Wildman–Crippen MR) is 115 cm³/mol. The fraction of sp³-hybridized carbons (Fsp3) is 0.792. The van der Waals surface area contributed by atoms with Gasteiger partial charge in [0, 0.05) is 49.5 Å². The molecule has 2 aliphatic heterocycles. The Labute approximate surface area is 170 Å². The van der Waals surface area contributed by atoms with Crippen LogP contribution in [-0.4, -0.2) is 41.4 Å². The van der Waals surface area contributed by atoms with Crippen LogP contribution in [0, 0.1) is 11.8 Å². The molecule has 1 N–H and O–H groups in total. The molecule has 0 spiro atoms. The van der Waals surface area contributed by atoms with Gasteiger partial charge in [-0.05, 0) is 69.8 Å². The van der Waals surface area contributed by atoms with Gasteiger partial charge in [0.1, 0.15) is 5.82 Å². The van der Waals surface area contributed by atoms with Crippen LogP contribution in [-0.2, 0) is 0 Å². The Morgan fingerprint density at radius 3 is 2.50 bits per heavy atom. The fourth-order valence-corrected chi connectivity index (χ4v) is 6.88. The van der Waals surface area contributed by atoms with E-state index in [1.54, 1.807) is 0 Å². The van der Waals surface area contributed by atoms with E-state index in [0.717, 1.165) is 31.6 Å². The molecule has 4 heteroatoms. The van der Waals surface area contributed by atoms with Gasteiger partial charge in [-0.25, -0.2) is 4.98 Å². The Morgan fingerprint density at radius 2 is 1.68 bits per heavy atom. The molecule has 1 aromatic rings. The molecule has 2 saturated carbocycles. The van der Waals surface area contributed by atoms with E-state index < -0.39 is 5.60 Å². The summed E-state index contributed by atoms with van der Waals surface area (Å²) in [4.78, 5) is 9.86. The van der Waals surface area contributed by atoms with Gasteiger partial charge in [-0.1, -0.05) is 19.3 Å². The number of aromatic nitrogens is 1. The lowest BCUT2D eigenvalue weighted by molar-refractivity contribution is -0.105. The molecule has 0 radical (unpaired) electrons. The van der Waals surface area contributed by atoms with Crippen LogP contribution in [0.25, 0.3) is 0 Å². The third-order valence-corrected chi connectivity index (χ3v) is 8.32. The number of fused-ring (bicyclic) bond motifs is 1. The zero-order chi connectivity index (χ0) is 19.0. The summed E-state index contributed by atoms with van der Waals surface area (Å²) in [6.07, 6.45) is 17.0. The molecule has 4 nitrogen and oxygen atoms in total. The van der Waals surface area contributed by atoms with Crippen molar-refractivity contribution in [1.29, 1.82) is 0 Å². The highest BCUT2D eigenvalue weighted by Gasteiger charge is 2.53. The lowest BCUT2D eigenvalue weighted by atomic mass is 9.63. The number of rotatable bonds is 3. The highest BCUT2D eigenvalue weighted by atomic mass is 16.3. The lowest BCUT2D eigenvalue weighted by Crippen LogP contribution is -2.53. The molecule has 3 atom stereocenters. The molecule has 154 valence electrons. The average molecular weight is 384 g/mol. The van der Waals surface area contributed by atoms with E-state index in [1.807, 2.05) is 6.20 Å². The van der Waals surface area contributed by atoms with E-state index in [1.165, 1.54) is 76.6 Å². The van der Waals surface area contributed by atoms with Crippen LogP contribution in [0.5, 0.6) is 0 Å². The van der Waals surface area contributed by atoms with Gasteiger partial charge in [-0.2, -0.15) is 0 Å². The van der Waals surface area contributed by atoms with Crippen molar-refractivity contribution in [2.75, 3.05) is 29.4 Å². The zero-order valence-corrected chi connectivity index (χ0v) is 17.4. The Balaban J connectivity index is 1.36. The summed E-state index contributed by atoms with van der Waals surface area (Å²) in [6.45, 7) is 3.41. The summed E-state index contributed by atoms with van der Waals surface area (Å²) in [5, 5.41) is 11.8. The van der Waals surface area contributed by atoms with Gasteiger partial charge in [-0.15, -0.1) is 0 Å². The number of piperidine rings is 1. The Morgan fingerprint density at radius 1 is 0.893 bits per heavy atom. The van der Waals surface area contributed by atoms with Crippen LogP contribution >= 0.6 is 0 Å².